The van der Waals surface area contributed by atoms with Crippen LogP contribution in [0.1, 0.15) is 31.2 Å². The molecule has 3 fully saturated rings. The number of likely N-dealkylation sites (tertiary alicyclic amines) is 1. The van der Waals surface area contributed by atoms with Gasteiger partial charge in [-0.3, -0.25) is 9.69 Å². The van der Waals surface area contributed by atoms with E-state index in [2.05, 4.69) is 34.5 Å². The molecule has 1 saturated carbocycles. The van der Waals surface area contributed by atoms with E-state index in [0.29, 0.717) is 0 Å². The summed E-state index contributed by atoms with van der Waals surface area (Å²) in [5.74, 6) is 0.949. The molecule has 4 nitrogen and oxygen atoms in total. The van der Waals surface area contributed by atoms with Crippen molar-refractivity contribution in [3.8, 4) is 0 Å². The van der Waals surface area contributed by atoms with E-state index in [-0.39, 0.29) is 17.4 Å². The molecular formula is C19H26N2O2. The van der Waals surface area contributed by atoms with Gasteiger partial charge in [0.1, 0.15) is 0 Å². The molecule has 2 heterocycles. The molecule has 1 aromatic carbocycles. The maximum atomic E-state index is 12.9. The van der Waals surface area contributed by atoms with E-state index < -0.39 is 0 Å². The fourth-order valence-electron chi connectivity index (χ4n) is 4.07. The molecule has 4 heteroatoms. The molecule has 23 heavy (non-hydrogen) atoms. The first-order valence-corrected chi connectivity index (χ1v) is 8.92. The molecule has 1 aromatic rings. The van der Waals surface area contributed by atoms with Crippen molar-refractivity contribution in [1.29, 1.82) is 0 Å². The molecule has 4 rings (SSSR count). The highest BCUT2D eigenvalue weighted by molar-refractivity contribution is 5.84. The molecule has 2 atom stereocenters. The standard InChI is InChI=1S/C19H26N2O2/c22-18(20-12-15-6-7-15)19-9-11-23-17(19)8-10-21(14-19)13-16-4-2-1-3-5-16/h1-5,15,17H,6-14H2,(H,20,22)/t17-,19-/m0/s1. The lowest BCUT2D eigenvalue weighted by molar-refractivity contribution is -0.139. The van der Waals surface area contributed by atoms with Crippen molar-refractivity contribution < 1.29 is 9.53 Å². The summed E-state index contributed by atoms with van der Waals surface area (Å²) in [5.41, 5.74) is 0.987. The lowest BCUT2D eigenvalue weighted by atomic mass is 9.75. The summed E-state index contributed by atoms with van der Waals surface area (Å²) in [6, 6.07) is 10.5. The highest BCUT2D eigenvalue weighted by Gasteiger charge is 2.53. The van der Waals surface area contributed by atoms with Gasteiger partial charge < -0.3 is 10.1 Å². The number of nitrogens with zero attached hydrogens (tertiary/aromatic N) is 1. The number of nitrogens with one attached hydrogen (secondary N) is 1. The van der Waals surface area contributed by atoms with Crippen LogP contribution in [0.25, 0.3) is 0 Å². The average Bonchev–Trinajstić information content (AvgIpc) is 3.31. The van der Waals surface area contributed by atoms with Crippen LogP contribution in [0.5, 0.6) is 0 Å². The average molecular weight is 314 g/mol. The Morgan fingerprint density at radius 1 is 1.26 bits per heavy atom. The molecule has 0 aromatic heterocycles. The van der Waals surface area contributed by atoms with E-state index in [1.54, 1.807) is 0 Å². The minimum atomic E-state index is -0.331. The Balaban J connectivity index is 1.45. The number of rotatable bonds is 5. The van der Waals surface area contributed by atoms with E-state index in [1.807, 2.05) is 6.07 Å². The summed E-state index contributed by atoms with van der Waals surface area (Å²) >= 11 is 0. The molecule has 1 amide bonds. The quantitative estimate of drug-likeness (QED) is 0.906. The van der Waals surface area contributed by atoms with Crippen LogP contribution in [0.4, 0.5) is 0 Å². The minimum absolute atomic E-state index is 0.105. The lowest BCUT2D eigenvalue weighted by Gasteiger charge is -2.42. The smallest absolute Gasteiger partial charge is 0.230 e. The third-order valence-electron chi connectivity index (χ3n) is 5.65. The zero-order chi connectivity index (χ0) is 15.7. The van der Waals surface area contributed by atoms with Crippen molar-refractivity contribution in [1.82, 2.24) is 10.2 Å². The normalized spacial score (nSPS) is 30.9. The SMILES string of the molecule is O=C(NCC1CC1)[C@]12CCO[C@H]1CCN(Cc1ccccc1)C2. The second-order valence-electron chi connectivity index (χ2n) is 7.40. The van der Waals surface area contributed by atoms with Crippen LogP contribution in [0.2, 0.25) is 0 Å². The van der Waals surface area contributed by atoms with Gasteiger partial charge in [0.2, 0.25) is 5.91 Å². The zero-order valence-electron chi connectivity index (χ0n) is 13.7. The Bertz CT molecular complexity index is 558. The second kappa shape index (κ2) is 6.25. The van der Waals surface area contributed by atoms with E-state index in [4.69, 9.17) is 4.74 Å². The molecule has 0 unspecified atom stereocenters. The van der Waals surface area contributed by atoms with Crippen LogP contribution in [-0.4, -0.2) is 43.2 Å². The third-order valence-corrected chi connectivity index (χ3v) is 5.65. The number of ether oxygens (including phenoxy) is 1. The summed E-state index contributed by atoms with van der Waals surface area (Å²) in [7, 11) is 0. The summed E-state index contributed by atoms with van der Waals surface area (Å²) in [6.45, 7) is 4.33. The molecule has 0 spiro atoms. The largest absolute Gasteiger partial charge is 0.377 e. The van der Waals surface area contributed by atoms with Gasteiger partial charge in [-0.1, -0.05) is 30.3 Å². The Kier molecular flexibility index (Phi) is 4.12. The Labute approximate surface area is 138 Å². The first-order chi connectivity index (χ1) is 11.3. The van der Waals surface area contributed by atoms with Crippen molar-refractivity contribution in [3.05, 3.63) is 35.9 Å². The highest BCUT2D eigenvalue weighted by atomic mass is 16.5. The number of benzene rings is 1. The molecule has 1 N–H and O–H groups in total. The Hall–Kier alpha value is -1.39. The maximum Gasteiger partial charge on any atom is 0.230 e. The van der Waals surface area contributed by atoms with Gasteiger partial charge in [-0.2, -0.15) is 0 Å². The molecular weight excluding hydrogens is 288 g/mol. The van der Waals surface area contributed by atoms with Gasteiger partial charge in [-0.15, -0.1) is 0 Å². The summed E-state index contributed by atoms with van der Waals surface area (Å²) in [5, 5.41) is 3.22. The van der Waals surface area contributed by atoms with Crippen molar-refractivity contribution >= 4 is 5.91 Å². The highest BCUT2D eigenvalue weighted by Crippen LogP contribution is 2.41. The third kappa shape index (κ3) is 3.15. The molecule has 3 aliphatic rings. The molecule has 0 radical (unpaired) electrons. The molecule has 2 aliphatic heterocycles. The van der Waals surface area contributed by atoms with Crippen LogP contribution in [0.3, 0.4) is 0 Å². The van der Waals surface area contributed by atoms with Gasteiger partial charge in [0, 0.05) is 32.8 Å². The minimum Gasteiger partial charge on any atom is -0.377 e. The van der Waals surface area contributed by atoms with Gasteiger partial charge in [0.15, 0.2) is 0 Å². The van der Waals surface area contributed by atoms with Gasteiger partial charge in [0.25, 0.3) is 0 Å². The fourth-order valence-corrected chi connectivity index (χ4v) is 4.07. The molecule has 0 bridgehead atoms. The second-order valence-corrected chi connectivity index (χ2v) is 7.40. The first kappa shape index (κ1) is 15.2. The van der Waals surface area contributed by atoms with Crippen LogP contribution in [0.15, 0.2) is 30.3 Å². The van der Waals surface area contributed by atoms with Crippen LogP contribution in [-0.2, 0) is 16.1 Å². The molecule has 124 valence electrons. The van der Waals surface area contributed by atoms with Gasteiger partial charge in [-0.05, 0) is 37.2 Å². The van der Waals surface area contributed by atoms with E-state index >= 15 is 0 Å². The van der Waals surface area contributed by atoms with E-state index in [0.717, 1.165) is 51.5 Å². The number of hydrogen-bond donors (Lipinski definition) is 1. The summed E-state index contributed by atoms with van der Waals surface area (Å²) < 4.78 is 5.91. The number of carbonyl (C=O) groups excluding carboxylic acids is 1. The first-order valence-electron chi connectivity index (χ1n) is 8.92. The maximum absolute atomic E-state index is 12.9. The fraction of sp³-hybridized carbons (Fsp3) is 0.632. The van der Waals surface area contributed by atoms with Crippen LogP contribution >= 0.6 is 0 Å². The molecule has 2 saturated heterocycles. The summed E-state index contributed by atoms with van der Waals surface area (Å²) in [4.78, 5) is 15.3. The van der Waals surface area contributed by atoms with Gasteiger partial charge in [-0.25, -0.2) is 0 Å². The number of fused-ring (bicyclic) bond motifs is 1. The van der Waals surface area contributed by atoms with Crippen LogP contribution < -0.4 is 5.32 Å². The lowest BCUT2D eigenvalue weighted by Crippen LogP contribution is -2.57. The Morgan fingerprint density at radius 2 is 2.09 bits per heavy atom. The predicted molar refractivity (Wildman–Crippen MR) is 88.9 cm³/mol. The number of hydrogen-bond acceptors (Lipinski definition) is 3. The van der Waals surface area contributed by atoms with Gasteiger partial charge >= 0.3 is 0 Å². The summed E-state index contributed by atoms with van der Waals surface area (Å²) in [6.07, 6.45) is 4.47. The zero-order valence-corrected chi connectivity index (χ0v) is 13.7. The van der Waals surface area contributed by atoms with E-state index in [1.165, 1.54) is 18.4 Å². The van der Waals surface area contributed by atoms with Gasteiger partial charge in [0.05, 0.1) is 11.5 Å². The van der Waals surface area contributed by atoms with E-state index in [9.17, 15) is 4.79 Å². The predicted octanol–water partition coefficient (Wildman–Crippen LogP) is 2.19. The van der Waals surface area contributed by atoms with Crippen molar-refractivity contribution in [2.75, 3.05) is 26.2 Å². The number of amides is 1. The monoisotopic (exact) mass is 314 g/mol. The van der Waals surface area contributed by atoms with Crippen molar-refractivity contribution in [3.63, 3.8) is 0 Å². The van der Waals surface area contributed by atoms with Crippen LogP contribution in [0, 0.1) is 11.3 Å². The number of carbonyl (C=O) groups is 1. The van der Waals surface area contributed by atoms with Crippen molar-refractivity contribution in [2.24, 2.45) is 11.3 Å². The Morgan fingerprint density at radius 3 is 2.87 bits per heavy atom. The number of piperidine rings is 1. The molecule has 1 aliphatic carbocycles. The topological polar surface area (TPSA) is 41.6 Å². The van der Waals surface area contributed by atoms with Crippen molar-refractivity contribution in [2.45, 2.75) is 38.3 Å².